The van der Waals surface area contributed by atoms with E-state index in [-0.39, 0.29) is 24.4 Å². The van der Waals surface area contributed by atoms with Gasteiger partial charge in [-0.25, -0.2) is 9.59 Å². The third-order valence-corrected chi connectivity index (χ3v) is 7.25. The van der Waals surface area contributed by atoms with Gasteiger partial charge in [0.25, 0.3) is 0 Å². The Hall–Kier alpha value is -3.45. The molecule has 3 aromatic carbocycles. The predicted octanol–water partition coefficient (Wildman–Crippen LogP) is 5.99. The summed E-state index contributed by atoms with van der Waals surface area (Å²) in [5.41, 5.74) is 2.84. The van der Waals surface area contributed by atoms with Gasteiger partial charge in [0.15, 0.2) is 0 Å². The molecule has 1 amide bonds. The molecule has 0 aliphatic heterocycles. The molecule has 6 nitrogen and oxygen atoms in total. The summed E-state index contributed by atoms with van der Waals surface area (Å²) in [6.45, 7) is 4.30. The molecule has 0 radical (unpaired) electrons. The van der Waals surface area contributed by atoms with Crippen molar-refractivity contribution < 1.29 is 23.8 Å². The highest BCUT2D eigenvalue weighted by Gasteiger charge is 2.34. The zero-order chi connectivity index (χ0) is 25.8. The van der Waals surface area contributed by atoms with E-state index in [9.17, 15) is 9.59 Å². The van der Waals surface area contributed by atoms with E-state index in [0.717, 1.165) is 22.4 Å². The number of hydrogen-bond acceptors (Lipinski definition) is 6. The monoisotopic (exact) mass is 507 g/mol. The van der Waals surface area contributed by atoms with E-state index in [0.29, 0.717) is 5.75 Å². The van der Waals surface area contributed by atoms with Crippen LogP contribution in [0.1, 0.15) is 30.5 Å². The summed E-state index contributed by atoms with van der Waals surface area (Å²) in [6.07, 6.45) is -0.656. The van der Waals surface area contributed by atoms with Crippen molar-refractivity contribution in [1.29, 1.82) is 0 Å². The topological polar surface area (TPSA) is 73.9 Å². The number of amides is 1. The standard InChI is InChI=1S/C29H33NO5S/c1-21(2)27(36-20-24-14-16-25(33-3)17-15-24)26(28(31)34-18-22-10-6-4-7-11-22)30-29(32)35-19-23-12-8-5-9-13-23/h4-17,21,26-27H,18-20H2,1-3H3,(H,30,32)/t26-,27+/m0/s1. The lowest BCUT2D eigenvalue weighted by Crippen LogP contribution is -2.50. The molecule has 0 heterocycles. The maximum absolute atomic E-state index is 13.2. The van der Waals surface area contributed by atoms with Gasteiger partial charge < -0.3 is 19.5 Å². The largest absolute Gasteiger partial charge is 0.497 e. The van der Waals surface area contributed by atoms with Crippen LogP contribution < -0.4 is 10.1 Å². The van der Waals surface area contributed by atoms with Gasteiger partial charge in [0.1, 0.15) is 25.0 Å². The molecule has 36 heavy (non-hydrogen) atoms. The van der Waals surface area contributed by atoms with Crippen molar-refractivity contribution in [2.24, 2.45) is 5.92 Å². The van der Waals surface area contributed by atoms with Crippen molar-refractivity contribution in [3.63, 3.8) is 0 Å². The number of hydrogen-bond donors (Lipinski definition) is 1. The third-order valence-electron chi connectivity index (χ3n) is 5.55. The van der Waals surface area contributed by atoms with Gasteiger partial charge in [-0.1, -0.05) is 86.6 Å². The lowest BCUT2D eigenvalue weighted by molar-refractivity contribution is -0.147. The Labute approximate surface area is 217 Å². The van der Waals surface area contributed by atoms with Crippen LogP contribution in [0.5, 0.6) is 5.75 Å². The second kappa shape index (κ2) is 14.2. The van der Waals surface area contributed by atoms with Gasteiger partial charge in [0, 0.05) is 11.0 Å². The average molecular weight is 508 g/mol. The Kier molecular flexibility index (Phi) is 10.7. The number of carbonyl (C=O) groups excluding carboxylic acids is 2. The van der Waals surface area contributed by atoms with Crippen molar-refractivity contribution >= 4 is 23.8 Å². The highest BCUT2D eigenvalue weighted by Crippen LogP contribution is 2.28. The smallest absolute Gasteiger partial charge is 0.408 e. The first-order valence-corrected chi connectivity index (χ1v) is 12.9. The molecule has 0 bridgehead atoms. The fourth-order valence-corrected chi connectivity index (χ4v) is 4.91. The maximum atomic E-state index is 13.2. The molecule has 3 rings (SSSR count). The van der Waals surface area contributed by atoms with Crippen LogP contribution in [0.3, 0.4) is 0 Å². The summed E-state index contributed by atoms with van der Waals surface area (Å²) in [7, 11) is 1.63. The fraction of sp³-hybridized carbons (Fsp3) is 0.310. The summed E-state index contributed by atoms with van der Waals surface area (Å²) in [5.74, 6) is 1.04. The van der Waals surface area contributed by atoms with Crippen LogP contribution in [-0.2, 0) is 33.2 Å². The highest BCUT2D eigenvalue weighted by atomic mass is 32.2. The van der Waals surface area contributed by atoms with Gasteiger partial charge in [0.2, 0.25) is 0 Å². The minimum atomic E-state index is -0.875. The van der Waals surface area contributed by atoms with Crippen molar-refractivity contribution in [3.8, 4) is 5.75 Å². The third kappa shape index (κ3) is 8.64. The first-order valence-electron chi connectivity index (χ1n) is 11.9. The molecule has 7 heteroatoms. The molecule has 190 valence electrons. The quantitative estimate of drug-likeness (QED) is 0.304. The van der Waals surface area contributed by atoms with Crippen LogP contribution in [0, 0.1) is 5.92 Å². The number of ether oxygens (including phenoxy) is 3. The number of benzene rings is 3. The normalized spacial score (nSPS) is 12.4. The van der Waals surface area contributed by atoms with Gasteiger partial charge in [0.05, 0.1) is 7.11 Å². The van der Waals surface area contributed by atoms with E-state index in [4.69, 9.17) is 14.2 Å². The molecule has 3 aromatic rings. The van der Waals surface area contributed by atoms with Crippen LogP contribution in [0.4, 0.5) is 4.79 Å². The number of rotatable bonds is 12. The molecule has 0 unspecified atom stereocenters. The molecule has 2 atom stereocenters. The van der Waals surface area contributed by atoms with Gasteiger partial charge >= 0.3 is 12.1 Å². The number of methoxy groups -OCH3 is 1. The molecule has 0 spiro atoms. The molecular weight excluding hydrogens is 474 g/mol. The van der Waals surface area contributed by atoms with Crippen molar-refractivity contribution in [1.82, 2.24) is 5.32 Å². The second-order valence-corrected chi connectivity index (χ2v) is 9.81. The van der Waals surface area contributed by atoms with Gasteiger partial charge in [-0.05, 0) is 34.7 Å². The molecule has 0 aliphatic carbocycles. The maximum Gasteiger partial charge on any atom is 0.408 e. The highest BCUT2D eigenvalue weighted by molar-refractivity contribution is 7.99. The first-order chi connectivity index (χ1) is 17.5. The Bertz CT molecular complexity index is 1070. The molecule has 0 fully saturated rings. The Morgan fingerprint density at radius 1 is 0.778 bits per heavy atom. The summed E-state index contributed by atoms with van der Waals surface area (Å²) in [6, 6.07) is 25.8. The SMILES string of the molecule is COc1ccc(CS[C@H](C(C)C)[C@H](NC(=O)OCc2ccccc2)C(=O)OCc2ccccc2)cc1. The van der Waals surface area contributed by atoms with E-state index in [1.54, 1.807) is 18.9 Å². The number of nitrogens with one attached hydrogen (secondary N) is 1. The van der Waals surface area contributed by atoms with Crippen LogP contribution in [-0.4, -0.2) is 30.5 Å². The second-order valence-electron chi connectivity index (χ2n) is 8.64. The Morgan fingerprint density at radius 3 is 1.86 bits per heavy atom. The zero-order valence-corrected chi connectivity index (χ0v) is 21.7. The van der Waals surface area contributed by atoms with Crippen molar-refractivity contribution in [2.75, 3.05) is 7.11 Å². The van der Waals surface area contributed by atoms with Crippen molar-refractivity contribution in [3.05, 3.63) is 102 Å². The molecule has 1 N–H and O–H groups in total. The van der Waals surface area contributed by atoms with E-state index in [2.05, 4.69) is 5.32 Å². The van der Waals surface area contributed by atoms with Crippen LogP contribution >= 0.6 is 11.8 Å². The minimum Gasteiger partial charge on any atom is -0.497 e. The number of esters is 1. The lowest BCUT2D eigenvalue weighted by atomic mass is 10.0. The minimum absolute atomic E-state index is 0.0805. The van der Waals surface area contributed by atoms with Gasteiger partial charge in [-0.3, -0.25) is 0 Å². The molecule has 0 saturated carbocycles. The van der Waals surface area contributed by atoms with E-state index < -0.39 is 18.1 Å². The number of thioether (sulfide) groups is 1. The predicted molar refractivity (Wildman–Crippen MR) is 143 cm³/mol. The average Bonchev–Trinajstić information content (AvgIpc) is 2.91. The summed E-state index contributed by atoms with van der Waals surface area (Å²) in [5, 5.41) is 2.55. The molecule has 0 saturated heterocycles. The number of carbonyl (C=O) groups is 2. The van der Waals surface area contributed by atoms with Crippen LogP contribution in [0.2, 0.25) is 0 Å². The van der Waals surface area contributed by atoms with Crippen LogP contribution in [0.25, 0.3) is 0 Å². The molecule has 0 aliphatic rings. The summed E-state index contributed by atoms with van der Waals surface area (Å²) < 4.78 is 16.3. The summed E-state index contributed by atoms with van der Waals surface area (Å²) in [4.78, 5) is 26.0. The van der Waals surface area contributed by atoms with Gasteiger partial charge in [-0.2, -0.15) is 11.8 Å². The number of alkyl carbamates (subject to hydrolysis) is 1. The van der Waals surface area contributed by atoms with E-state index in [1.165, 1.54) is 0 Å². The summed E-state index contributed by atoms with van der Waals surface area (Å²) >= 11 is 1.60. The van der Waals surface area contributed by atoms with Gasteiger partial charge in [-0.15, -0.1) is 0 Å². The van der Waals surface area contributed by atoms with E-state index in [1.807, 2.05) is 98.8 Å². The zero-order valence-electron chi connectivity index (χ0n) is 20.9. The Balaban J connectivity index is 1.70. The fourth-order valence-electron chi connectivity index (χ4n) is 3.57. The van der Waals surface area contributed by atoms with Crippen LogP contribution in [0.15, 0.2) is 84.9 Å². The Morgan fingerprint density at radius 2 is 1.33 bits per heavy atom. The molecule has 0 aromatic heterocycles. The molecular formula is C29H33NO5S. The van der Waals surface area contributed by atoms with E-state index >= 15 is 0 Å². The van der Waals surface area contributed by atoms with Crippen molar-refractivity contribution in [2.45, 2.75) is 44.1 Å². The lowest BCUT2D eigenvalue weighted by Gasteiger charge is -2.29. The first kappa shape index (κ1) is 27.1.